The second-order valence-electron chi connectivity index (χ2n) is 11.2. The van der Waals surface area contributed by atoms with Gasteiger partial charge in [-0.3, -0.25) is 14.4 Å². The van der Waals surface area contributed by atoms with Crippen molar-refractivity contribution in [2.75, 3.05) is 37.7 Å². The molecule has 2 unspecified atom stereocenters. The van der Waals surface area contributed by atoms with E-state index in [2.05, 4.69) is 27.0 Å². The number of nitrogens with zero attached hydrogens (tertiary/aromatic N) is 3. The molecular weight excluding hydrogens is 510 g/mol. The van der Waals surface area contributed by atoms with Crippen molar-refractivity contribution in [3.05, 3.63) is 55.6 Å². The molecule has 3 aliphatic rings. The minimum absolute atomic E-state index is 0.0596. The molecule has 3 heterocycles. The molecule has 0 radical (unpaired) electrons. The Morgan fingerprint density at radius 3 is 2.46 bits per heavy atom. The maximum absolute atomic E-state index is 14.4. The number of anilines is 1. The molecule has 3 fully saturated rings. The van der Waals surface area contributed by atoms with E-state index in [1.807, 2.05) is 35.2 Å². The highest BCUT2D eigenvalue weighted by atomic mass is 32.2. The summed E-state index contributed by atoms with van der Waals surface area (Å²) in [4.78, 5) is 48.2. The van der Waals surface area contributed by atoms with Crippen molar-refractivity contribution in [3.8, 4) is 0 Å². The monoisotopic (exact) mass is 553 g/mol. The van der Waals surface area contributed by atoms with Crippen molar-refractivity contribution in [1.82, 2.24) is 9.80 Å². The van der Waals surface area contributed by atoms with Crippen LogP contribution in [0.4, 0.5) is 5.69 Å². The molecular formula is C31H43N3O4S. The highest BCUT2D eigenvalue weighted by Crippen LogP contribution is 2.71. The van der Waals surface area contributed by atoms with Crippen LogP contribution in [0.5, 0.6) is 0 Å². The molecule has 39 heavy (non-hydrogen) atoms. The van der Waals surface area contributed by atoms with E-state index in [0.717, 1.165) is 31.4 Å². The lowest BCUT2D eigenvalue weighted by Gasteiger charge is -2.38. The number of likely N-dealkylation sites (tertiary alicyclic amines) is 1. The second-order valence-corrected chi connectivity index (χ2v) is 13.1. The Bertz CT molecular complexity index is 1080. The molecule has 212 valence electrons. The van der Waals surface area contributed by atoms with Gasteiger partial charge in [0.25, 0.3) is 0 Å². The van der Waals surface area contributed by atoms with Crippen molar-refractivity contribution in [2.45, 2.75) is 67.9 Å². The molecule has 1 aromatic carbocycles. The lowest BCUT2D eigenvalue weighted by molar-refractivity contribution is -0.143. The van der Waals surface area contributed by atoms with Gasteiger partial charge in [-0.1, -0.05) is 50.1 Å². The number of amides is 3. The Kier molecular flexibility index (Phi) is 9.27. The van der Waals surface area contributed by atoms with Crippen LogP contribution in [0.25, 0.3) is 0 Å². The number of fused-ring (bicyclic) bond motifs is 1. The van der Waals surface area contributed by atoms with Gasteiger partial charge in [-0.2, -0.15) is 0 Å². The highest BCUT2D eigenvalue weighted by molar-refractivity contribution is 8.02. The van der Waals surface area contributed by atoms with Crippen LogP contribution in [0.2, 0.25) is 0 Å². The van der Waals surface area contributed by atoms with E-state index in [9.17, 15) is 19.5 Å². The predicted molar refractivity (Wildman–Crippen MR) is 157 cm³/mol. The molecule has 5 atom stereocenters. The summed E-state index contributed by atoms with van der Waals surface area (Å²) in [6, 6.07) is 8.86. The van der Waals surface area contributed by atoms with Gasteiger partial charge >= 0.3 is 0 Å². The van der Waals surface area contributed by atoms with E-state index in [1.54, 1.807) is 33.7 Å². The SMILES string of the molecule is C=CCN(CCCCC)C(=O)C1N(CCCO)C(=O)[C@@H]2[C@H](C(=O)N(CC=C)c3ccccc3)[C@]3(C)CCC12S3. The third-order valence-electron chi connectivity index (χ3n) is 8.67. The average molecular weight is 554 g/mol. The number of hydrogen-bond acceptors (Lipinski definition) is 5. The smallest absolute Gasteiger partial charge is 0.247 e. The first-order valence-electron chi connectivity index (χ1n) is 14.3. The number of benzene rings is 1. The van der Waals surface area contributed by atoms with Gasteiger partial charge in [0.15, 0.2) is 0 Å². The second kappa shape index (κ2) is 12.3. The quantitative estimate of drug-likeness (QED) is 0.275. The normalized spacial score (nSPS) is 28.8. The lowest BCUT2D eigenvalue weighted by atomic mass is 9.66. The fourth-order valence-corrected chi connectivity index (χ4v) is 9.31. The number of aliphatic hydroxyl groups excluding tert-OH is 1. The summed E-state index contributed by atoms with van der Waals surface area (Å²) < 4.78 is -1.11. The summed E-state index contributed by atoms with van der Waals surface area (Å²) in [6.45, 7) is 13.6. The third-order valence-corrected chi connectivity index (χ3v) is 10.7. The largest absolute Gasteiger partial charge is 0.396 e. The first kappa shape index (κ1) is 29.4. The van der Waals surface area contributed by atoms with Gasteiger partial charge in [0, 0.05) is 43.2 Å². The first-order valence-corrected chi connectivity index (χ1v) is 15.1. The Morgan fingerprint density at radius 2 is 1.82 bits per heavy atom. The number of rotatable bonds is 14. The molecule has 1 N–H and O–H groups in total. The maximum Gasteiger partial charge on any atom is 0.247 e. The zero-order valence-electron chi connectivity index (χ0n) is 23.4. The summed E-state index contributed by atoms with van der Waals surface area (Å²) >= 11 is 1.69. The van der Waals surface area contributed by atoms with E-state index < -0.39 is 27.4 Å². The lowest BCUT2D eigenvalue weighted by Crippen LogP contribution is -2.55. The van der Waals surface area contributed by atoms with Gasteiger partial charge < -0.3 is 19.8 Å². The fourth-order valence-electron chi connectivity index (χ4n) is 6.96. The maximum atomic E-state index is 14.4. The van der Waals surface area contributed by atoms with Gasteiger partial charge in [0.1, 0.15) is 6.04 Å². The molecule has 0 aliphatic carbocycles. The molecule has 0 aromatic heterocycles. The first-order chi connectivity index (χ1) is 18.8. The molecule has 3 amide bonds. The van der Waals surface area contributed by atoms with Crippen molar-refractivity contribution in [2.24, 2.45) is 11.8 Å². The van der Waals surface area contributed by atoms with Crippen molar-refractivity contribution < 1.29 is 19.5 Å². The Labute approximate surface area is 237 Å². The van der Waals surface area contributed by atoms with Crippen LogP contribution in [0, 0.1) is 11.8 Å². The van der Waals surface area contributed by atoms with Gasteiger partial charge in [0.05, 0.1) is 16.6 Å². The predicted octanol–water partition coefficient (Wildman–Crippen LogP) is 4.27. The van der Waals surface area contributed by atoms with Crippen molar-refractivity contribution >= 4 is 35.2 Å². The Hall–Kier alpha value is -2.58. The Balaban J connectivity index is 1.74. The summed E-state index contributed by atoms with van der Waals surface area (Å²) in [5.74, 6) is -1.41. The number of hydrogen-bond donors (Lipinski definition) is 1. The molecule has 0 saturated carbocycles. The molecule has 3 aliphatic heterocycles. The summed E-state index contributed by atoms with van der Waals surface area (Å²) in [7, 11) is 0. The molecule has 4 rings (SSSR count). The van der Waals surface area contributed by atoms with E-state index in [-0.39, 0.29) is 24.3 Å². The minimum Gasteiger partial charge on any atom is -0.396 e. The fraction of sp³-hybridized carbons (Fsp3) is 0.581. The van der Waals surface area contributed by atoms with Gasteiger partial charge in [-0.25, -0.2) is 0 Å². The van der Waals surface area contributed by atoms with Crippen LogP contribution >= 0.6 is 11.8 Å². The van der Waals surface area contributed by atoms with Crippen LogP contribution in [0.3, 0.4) is 0 Å². The van der Waals surface area contributed by atoms with Crippen LogP contribution in [-0.2, 0) is 14.4 Å². The Morgan fingerprint density at radius 1 is 1.10 bits per heavy atom. The zero-order chi connectivity index (χ0) is 28.2. The minimum atomic E-state index is -0.667. The summed E-state index contributed by atoms with van der Waals surface area (Å²) in [5, 5.41) is 9.62. The topological polar surface area (TPSA) is 81.2 Å². The standard InChI is InChI=1S/C31H43N3O4S/c1-5-8-12-20-32(18-6-2)29(38)26-31-17-16-30(4,39-31)24(25(31)28(37)34(26)21-13-22-35)27(36)33(19-7-3)23-14-10-9-11-15-23/h6-7,9-11,14-15,24-26,35H,2-3,5,8,12-13,16-22H2,1,4H3/t24-,25+,26?,30+,31?/m1/s1. The van der Waals surface area contributed by atoms with E-state index in [4.69, 9.17) is 0 Å². The molecule has 8 heteroatoms. The number of carbonyl (C=O) groups excluding carboxylic acids is 3. The molecule has 1 spiro atoms. The van der Waals surface area contributed by atoms with Gasteiger partial charge in [-0.15, -0.1) is 24.9 Å². The molecule has 1 aromatic rings. The highest BCUT2D eigenvalue weighted by Gasteiger charge is 2.77. The average Bonchev–Trinajstić information content (AvgIpc) is 3.50. The number of thioether (sulfide) groups is 1. The van der Waals surface area contributed by atoms with E-state index in [0.29, 0.717) is 39.0 Å². The van der Waals surface area contributed by atoms with Crippen LogP contribution < -0.4 is 4.90 Å². The third kappa shape index (κ3) is 5.18. The summed E-state index contributed by atoms with van der Waals surface area (Å²) in [5.41, 5.74) is 0.774. The number of unbranched alkanes of at least 4 members (excludes halogenated alkanes) is 2. The van der Waals surface area contributed by atoms with Gasteiger partial charge in [-0.05, 0) is 44.7 Å². The number of para-hydroxylation sites is 1. The van der Waals surface area contributed by atoms with Crippen molar-refractivity contribution in [1.29, 1.82) is 0 Å². The van der Waals surface area contributed by atoms with Gasteiger partial charge in [0.2, 0.25) is 17.7 Å². The van der Waals surface area contributed by atoms with Crippen LogP contribution in [0.15, 0.2) is 55.6 Å². The van der Waals surface area contributed by atoms with E-state index >= 15 is 0 Å². The zero-order valence-corrected chi connectivity index (χ0v) is 24.2. The number of carbonyl (C=O) groups is 3. The summed E-state index contributed by atoms with van der Waals surface area (Å²) in [6.07, 6.45) is 8.29. The molecule has 2 bridgehead atoms. The van der Waals surface area contributed by atoms with Crippen molar-refractivity contribution in [3.63, 3.8) is 0 Å². The molecule has 7 nitrogen and oxygen atoms in total. The van der Waals surface area contributed by atoms with Crippen LogP contribution in [0.1, 0.15) is 52.4 Å². The number of aliphatic hydroxyl groups is 1. The molecule has 3 saturated heterocycles. The van der Waals surface area contributed by atoms with E-state index in [1.165, 1.54) is 0 Å². The van der Waals surface area contributed by atoms with Crippen LogP contribution in [-0.4, -0.2) is 80.9 Å².